The van der Waals surface area contributed by atoms with E-state index in [9.17, 15) is 34.2 Å². The monoisotopic (exact) mass is 569 g/mol. The average Bonchev–Trinajstić information content (AvgIpc) is 2.95. The van der Waals surface area contributed by atoms with Gasteiger partial charge in [-0.05, 0) is 25.1 Å². The summed E-state index contributed by atoms with van der Waals surface area (Å²) >= 11 is 0. The SMILES string of the molecule is CCn1cc(C(=O)O)c(=O)c2cc(F)c(N3CCN(C(=O)CCC(=O)Nc4ccc(C(=O)OC)c(O)c4)CC3)nc21. The smallest absolute Gasteiger partial charge is 0.341 e. The number of aromatic carboxylic acids is 1. The standard InChI is InChI=1S/C27H28FN5O8/c1-3-31-14-18(26(38)39)23(37)17-13-19(28)25(30-24(17)31)33-10-8-32(9-11-33)22(36)7-6-21(35)29-15-4-5-16(20(34)12-15)27(40)41-2/h4-5,12-14,34H,3,6-11H2,1-2H3,(H,29,35)(H,38,39). The Balaban J connectivity index is 1.36. The van der Waals surface area contributed by atoms with Crippen molar-refractivity contribution in [1.29, 1.82) is 0 Å². The van der Waals surface area contributed by atoms with E-state index in [0.717, 1.165) is 6.07 Å². The van der Waals surface area contributed by atoms with E-state index in [4.69, 9.17) is 0 Å². The lowest BCUT2D eigenvalue weighted by molar-refractivity contribution is -0.133. The molecule has 3 N–H and O–H groups in total. The van der Waals surface area contributed by atoms with E-state index < -0.39 is 34.7 Å². The largest absolute Gasteiger partial charge is 0.507 e. The first-order valence-electron chi connectivity index (χ1n) is 12.7. The lowest BCUT2D eigenvalue weighted by Gasteiger charge is -2.35. The van der Waals surface area contributed by atoms with Gasteiger partial charge in [-0.25, -0.2) is 19.0 Å². The summed E-state index contributed by atoms with van der Waals surface area (Å²) in [7, 11) is 1.18. The minimum Gasteiger partial charge on any atom is -0.507 e. The van der Waals surface area contributed by atoms with Crippen LogP contribution in [0.25, 0.3) is 11.0 Å². The number of fused-ring (bicyclic) bond motifs is 1. The summed E-state index contributed by atoms with van der Waals surface area (Å²) in [5.41, 5.74) is -0.922. The second-order valence-electron chi connectivity index (χ2n) is 9.27. The van der Waals surface area contributed by atoms with Crippen molar-refractivity contribution < 1.29 is 38.5 Å². The van der Waals surface area contributed by atoms with E-state index in [1.54, 1.807) is 16.7 Å². The van der Waals surface area contributed by atoms with Crippen molar-refractivity contribution in [1.82, 2.24) is 14.5 Å². The molecule has 3 heterocycles. The Morgan fingerprint density at radius 2 is 1.78 bits per heavy atom. The highest BCUT2D eigenvalue weighted by Crippen LogP contribution is 2.24. The Kier molecular flexibility index (Phi) is 8.50. The number of rotatable bonds is 8. The van der Waals surface area contributed by atoms with Crippen molar-refractivity contribution in [2.45, 2.75) is 26.3 Å². The number of phenols is 1. The highest BCUT2D eigenvalue weighted by molar-refractivity contribution is 5.96. The number of carboxylic acid groups (broad SMARTS) is 1. The van der Waals surface area contributed by atoms with Gasteiger partial charge in [0.25, 0.3) is 0 Å². The molecule has 0 aliphatic carbocycles. The average molecular weight is 570 g/mol. The first-order valence-corrected chi connectivity index (χ1v) is 12.7. The first kappa shape index (κ1) is 29.0. The number of piperazine rings is 1. The third-order valence-electron chi connectivity index (χ3n) is 6.74. The molecule has 1 aliphatic heterocycles. The van der Waals surface area contributed by atoms with Crippen LogP contribution in [0.15, 0.2) is 35.3 Å². The molecule has 1 saturated heterocycles. The maximum Gasteiger partial charge on any atom is 0.341 e. The zero-order valence-corrected chi connectivity index (χ0v) is 22.3. The summed E-state index contributed by atoms with van der Waals surface area (Å²) in [5, 5.41) is 21.7. The summed E-state index contributed by atoms with van der Waals surface area (Å²) in [6, 6.07) is 4.94. The molecular formula is C27H28FN5O8. The number of hydrogen-bond acceptors (Lipinski definition) is 9. The van der Waals surface area contributed by atoms with Crippen molar-refractivity contribution in [3.05, 3.63) is 57.6 Å². The Hall–Kier alpha value is -5.01. The maximum absolute atomic E-state index is 15.0. The van der Waals surface area contributed by atoms with Crippen LogP contribution in [0.4, 0.5) is 15.9 Å². The number of nitrogens with one attached hydrogen (secondary N) is 1. The molecule has 2 aromatic heterocycles. The molecule has 0 saturated carbocycles. The molecule has 13 nitrogen and oxygen atoms in total. The number of phenolic OH excluding ortho intramolecular Hbond substituents is 1. The molecule has 0 atom stereocenters. The number of methoxy groups -OCH3 is 1. The fourth-order valence-electron chi connectivity index (χ4n) is 4.55. The predicted octanol–water partition coefficient (Wildman–Crippen LogP) is 1.81. The third kappa shape index (κ3) is 6.10. The van der Waals surface area contributed by atoms with E-state index in [1.807, 2.05) is 0 Å². The van der Waals surface area contributed by atoms with Gasteiger partial charge in [-0.2, -0.15) is 0 Å². The molecule has 0 spiro atoms. The molecular weight excluding hydrogens is 541 g/mol. The van der Waals surface area contributed by atoms with Crippen molar-refractivity contribution in [3.63, 3.8) is 0 Å². The van der Waals surface area contributed by atoms with E-state index in [1.165, 1.54) is 36.1 Å². The third-order valence-corrected chi connectivity index (χ3v) is 6.74. The zero-order valence-electron chi connectivity index (χ0n) is 22.3. The molecule has 3 aromatic rings. The van der Waals surface area contributed by atoms with E-state index in [2.05, 4.69) is 15.0 Å². The number of amides is 2. The van der Waals surface area contributed by atoms with Gasteiger partial charge in [-0.3, -0.25) is 14.4 Å². The summed E-state index contributed by atoms with van der Waals surface area (Å²) in [5.74, 6) is -3.99. The summed E-state index contributed by atoms with van der Waals surface area (Å²) in [4.78, 5) is 68.1. The molecule has 0 bridgehead atoms. The summed E-state index contributed by atoms with van der Waals surface area (Å²) in [6.45, 7) is 3.06. The molecule has 1 aromatic carbocycles. The Labute approximate surface area is 232 Å². The Morgan fingerprint density at radius 3 is 2.39 bits per heavy atom. The van der Waals surface area contributed by atoms with E-state index in [-0.39, 0.29) is 78.8 Å². The summed E-state index contributed by atoms with van der Waals surface area (Å²) < 4.78 is 21.1. The number of halogens is 1. The molecule has 4 rings (SSSR count). The van der Waals surface area contributed by atoms with Gasteiger partial charge in [0, 0.05) is 63.5 Å². The molecule has 1 fully saturated rings. The minimum absolute atomic E-state index is 0.00452. The number of anilines is 2. The van der Waals surface area contributed by atoms with Gasteiger partial charge in [0.05, 0.1) is 12.5 Å². The molecule has 14 heteroatoms. The maximum atomic E-state index is 15.0. The normalized spacial score (nSPS) is 13.2. The topological polar surface area (TPSA) is 171 Å². The van der Waals surface area contributed by atoms with Crippen LogP contribution in [0.3, 0.4) is 0 Å². The second-order valence-corrected chi connectivity index (χ2v) is 9.27. The zero-order chi connectivity index (χ0) is 29.8. The quantitative estimate of drug-likeness (QED) is 0.340. The number of benzene rings is 1. The second kappa shape index (κ2) is 12.0. The van der Waals surface area contributed by atoms with Crippen LogP contribution >= 0.6 is 0 Å². The molecule has 2 amide bonds. The van der Waals surface area contributed by atoms with Gasteiger partial charge in [-0.15, -0.1) is 0 Å². The Morgan fingerprint density at radius 1 is 1.07 bits per heavy atom. The van der Waals surface area contributed by atoms with Gasteiger partial charge in [-0.1, -0.05) is 0 Å². The van der Waals surface area contributed by atoms with Gasteiger partial charge >= 0.3 is 11.9 Å². The number of esters is 1. The van der Waals surface area contributed by atoms with Crippen LogP contribution in [0.2, 0.25) is 0 Å². The van der Waals surface area contributed by atoms with Crippen LogP contribution in [0.1, 0.15) is 40.5 Å². The van der Waals surface area contributed by atoms with Crippen LogP contribution < -0.4 is 15.6 Å². The number of carbonyl (C=O) groups excluding carboxylic acids is 3. The van der Waals surface area contributed by atoms with Crippen molar-refractivity contribution in [3.8, 4) is 5.75 Å². The first-order chi connectivity index (χ1) is 19.5. The van der Waals surface area contributed by atoms with Gasteiger partial charge in [0.1, 0.15) is 22.5 Å². The number of aromatic hydroxyl groups is 1. The van der Waals surface area contributed by atoms with E-state index in [0.29, 0.717) is 6.54 Å². The predicted molar refractivity (Wildman–Crippen MR) is 145 cm³/mol. The molecule has 41 heavy (non-hydrogen) atoms. The van der Waals surface area contributed by atoms with Crippen molar-refractivity contribution >= 4 is 46.3 Å². The van der Waals surface area contributed by atoms with Crippen LogP contribution in [0, 0.1) is 5.82 Å². The lowest BCUT2D eigenvalue weighted by Crippen LogP contribution is -2.49. The number of carbonyl (C=O) groups is 4. The number of ether oxygens (including phenoxy) is 1. The number of hydrogen-bond donors (Lipinski definition) is 3. The highest BCUT2D eigenvalue weighted by Gasteiger charge is 2.26. The molecule has 0 unspecified atom stereocenters. The molecule has 1 aliphatic rings. The van der Waals surface area contributed by atoms with Crippen LogP contribution in [0.5, 0.6) is 5.75 Å². The fraction of sp³-hybridized carbons (Fsp3) is 0.333. The number of aromatic nitrogens is 2. The number of nitrogens with zero attached hydrogens (tertiary/aromatic N) is 4. The minimum atomic E-state index is -1.41. The fourth-order valence-corrected chi connectivity index (χ4v) is 4.55. The van der Waals surface area contributed by atoms with Gasteiger partial charge in [0.15, 0.2) is 11.6 Å². The molecule has 216 valence electrons. The van der Waals surface area contributed by atoms with Gasteiger partial charge < -0.3 is 34.6 Å². The van der Waals surface area contributed by atoms with Crippen LogP contribution in [-0.2, 0) is 20.9 Å². The van der Waals surface area contributed by atoms with Crippen molar-refractivity contribution in [2.75, 3.05) is 43.5 Å². The van der Waals surface area contributed by atoms with Crippen molar-refractivity contribution in [2.24, 2.45) is 0 Å². The summed E-state index contributed by atoms with van der Waals surface area (Å²) in [6.07, 6.45) is 0.996. The lowest BCUT2D eigenvalue weighted by atomic mass is 10.1. The van der Waals surface area contributed by atoms with E-state index >= 15 is 4.39 Å². The molecule has 0 radical (unpaired) electrons. The van der Waals surface area contributed by atoms with Crippen LogP contribution in [-0.4, -0.2) is 81.7 Å². The number of carboxylic acids is 1. The number of pyridine rings is 2. The highest BCUT2D eigenvalue weighted by atomic mass is 19.1. The van der Waals surface area contributed by atoms with Gasteiger partial charge in [0.2, 0.25) is 17.2 Å². The Bertz CT molecular complexity index is 1600. The number of aryl methyl sites for hydroxylation is 1.